The number of nitrogens with zero attached hydrogens (tertiary/aromatic N) is 3. The number of thioether (sulfide) groups is 1. The van der Waals surface area contributed by atoms with E-state index in [-0.39, 0.29) is 18.6 Å². The Labute approximate surface area is 160 Å². The van der Waals surface area contributed by atoms with Crippen molar-refractivity contribution in [2.75, 3.05) is 11.5 Å². The Morgan fingerprint density at radius 1 is 1.26 bits per heavy atom. The normalized spacial score (nSPS) is 16.2. The van der Waals surface area contributed by atoms with E-state index in [1.165, 1.54) is 6.20 Å². The van der Waals surface area contributed by atoms with Crippen molar-refractivity contribution in [1.29, 1.82) is 0 Å². The average Bonchev–Trinajstić information content (AvgIpc) is 3.39. The smallest absolute Gasteiger partial charge is 0.253 e. The summed E-state index contributed by atoms with van der Waals surface area (Å²) in [6.07, 6.45) is 2.75. The minimum atomic E-state index is -0.259. The molecule has 3 aromatic rings. The molecule has 1 unspecified atom stereocenters. The Kier molecular flexibility index (Phi) is 5.34. The molecule has 1 aliphatic rings. The maximum Gasteiger partial charge on any atom is 0.253 e. The first-order valence-corrected chi connectivity index (χ1v) is 9.80. The lowest BCUT2D eigenvalue weighted by Crippen LogP contribution is -2.23. The summed E-state index contributed by atoms with van der Waals surface area (Å²) in [5, 5.41) is 6.68. The van der Waals surface area contributed by atoms with Gasteiger partial charge in [-0.2, -0.15) is 16.7 Å². The van der Waals surface area contributed by atoms with Crippen molar-refractivity contribution in [3.05, 3.63) is 60.1 Å². The molecule has 0 radical (unpaired) electrons. The molecule has 1 aliphatic heterocycles. The Bertz CT molecular complexity index is 893. The number of amides is 1. The van der Waals surface area contributed by atoms with Gasteiger partial charge in [-0.15, -0.1) is 0 Å². The molecule has 27 heavy (non-hydrogen) atoms. The van der Waals surface area contributed by atoms with Gasteiger partial charge in [0.05, 0.1) is 12.1 Å². The summed E-state index contributed by atoms with van der Waals surface area (Å²) in [6, 6.07) is 12.9. The predicted octanol–water partition coefficient (Wildman–Crippen LogP) is 2.95. The van der Waals surface area contributed by atoms with Crippen LogP contribution in [0.15, 0.2) is 53.2 Å². The third-order valence-corrected chi connectivity index (χ3v) is 5.21. The van der Waals surface area contributed by atoms with Gasteiger partial charge in [0.1, 0.15) is 6.10 Å². The van der Waals surface area contributed by atoms with Crippen molar-refractivity contribution in [3.8, 4) is 17.3 Å². The Morgan fingerprint density at radius 2 is 2.15 bits per heavy atom. The molecule has 0 spiro atoms. The number of hydrogen-bond donors (Lipinski definition) is 1. The van der Waals surface area contributed by atoms with Gasteiger partial charge in [0.2, 0.25) is 17.6 Å². The standard InChI is InChI=1S/C19H18N4O3S/c24-19(14-6-7-16(20-10-14)25-15-8-9-27-12-15)21-11-17-22-18(23-26-17)13-4-2-1-3-5-13/h1-7,10,15H,8-9,11-12H2,(H,21,24). The fourth-order valence-electron chi connectivity index (χ4n) is 2.65. The lowest BCUT2D eigenvalue weighted by atomic mass is 10.2. The highest BCUT2D eigenvalue weighted by molar-refractivity contribution is 7.99. The molecule has 1 N–H and O–H groups in total. The molecule has 2 aromatic heterocycles. The second kappa shape index (κ2) is 8.22. The Balaban J connectivity index is 1.32. The summed E-state index contributed by atoms with van der Waals surface area (Å²) < 4.78 is 11.0. The summed E-state index contributed by atoms with van der Waals surface area (Å²) in [5.41, 5.74) is 1.31. The molecule has 1 aromatic carbocycles. The van der Waals surface area contributed by atoms with Crippen molar-refractivity contribution in [1.82, 2.24) is 20.4 Å². The monoisotopic (exact) mass is 382 g/mol. The van der Waals surface area contributed by atoms with Gasteiger partial charge in [-0.05, 0) is 18.2 Å². The molecule has 8 heteroatoms. The predicted molar refractivity (Wildman–Crippen MR) is 101 cm³/mol. The van der Waals surface area contributed by atoms with Gasteiger partial charge >= 0.3 is 0 Å². The SMILES string of the molecule is O=C(NCc1nc(-c2ccccc2)no1)c1ccc(OC2CCSC2)nc1. The van der Waals surface area contributed by atoms with Crippen molar-refractivity contribution >= 4 is 17.7 Å². The number of carbonyl (C=O) groups is 1. The van der Waals surface area contributed by atoms with Crippen LogP contribution in [0.2, 0.25) is 0 Å². The number of benzene rings is 1. The van der Waals surface area contributed by atoms with Gasteiger partial charge in [-0.25, -0.2) is 4.98 Å². The topological polar surface area (TPSA) is 90.1 Å². The van der Waals surface area contributed by atoms with Crippen LogP contribution >= 0.6 is 11.8 Å². The first-order chi connectivity index (χ1) is 13.3. The number of ether oxygens (including phenoxy) is 1. The zero-order chi connectivity index (χ0) is 18.5. The summed E-state index contributed by atoms with van der Waals surface area (Å²) in [7, 11) is 0. The molecule has 0 saturated carbocycles. The van der Waals surface area contributed by atoms with E-state index < -0.39 is 0 Å². The molecule has 1 saturated heterocycles. The van der Waals surface area contributed by atoms with E-state index in [2.05, 4.69) is 20.4 Å². The molecule has 1 atom stereocenters. The van der Waals surface area contributed by atoms with Crippen molar-refractivity contribution < 1.29 is 14.1 Å². The van der Waals surface area contributed by atoms with Crippen molar-refractivity contribution in [2.45, 2.75) is 19.1 Å². The Hall–Kier alpha value is -2.87. The molecule has 0 bridgehead atoms. The van der Waals surface area contributed by atoms with Gasteiger partial charge in [0, 0.05) is 23.6 Å². The van der Waals surface area contributed by atoms with Gasteiger partial charge in [0.25, 0.3) is 5.91 Å². The van der Waals surface area contributed by atoms with Crippen LogP contribution in [-0.4, -0.2) is 38.6 Å². The van der Waals surface area contributed by atoms with E-state index in [0.717, 1.165) is 23.5 Å². The number of nitrogens with one attached hydrogen (secondary N) is 1. The zero-order valence-corrected chi connectivity index (χ0v) is 15.3. The number of hydrogen-bond acceptors (Lipinski definition) is 7. The highest BCUT2D eigenvalue weighted by atomic mass is 32.2. The van der Waals surface area contributed by atoms with Crippen LogP contribution in [0.4, 0.5) is 0 Å². The van der Waals surface area contributed by atoms with E-state index in [0.29, 0.717) is 23.2 Å². The van der Waals surface area contributed by atoms with Crippen LogP contribution < -0.4 is 10.1 Å². The van der Waals surface area contributed by atoms with Gasteiger partial charge in [0.15, 0.2) is 0 Å². The van der Waals surface area contributed by atoms with Gasteiger partial charge < -0.3 is 14.6 Å². The quantitative estimate of drug-likeness (QED) is 0.701. The van der Waals surface area contributed by atoms with Crippen LogP contribution in [0.25, 0.3) is 11.4 Å². The number of rotatable bonds is 6. The summed E-state index contributed by atoms with van der Waals surface area (Å²) in [5.74, 6) is 3.22. The molecule has 1 fully saturated rings. The number of carbonyl (C=O) groups excluding carboxylic acids is 1. The van der Waals surface area contributed by atoms with Crippen molar-refractivity contribution in [2.24, 2.45) is 0 Å². The van der Waals surface area contributed by atoms with Crippen LogP contribution in [-0.2, 0) is 6.54 Å². The molecule has 4 rings (SSSR count). The number of pyridine rings is 1. The maximum absolute atomic E-state index is 12.3. The van der Waals surface area contributed by atoms with Crippen LogP contribution in [0, 0.1) is 0 Å². The zero-order valence-electron chi connectivity index (χ0n) is 14.5. The second-order valence-corrected chi connectivity index (χ2v) is 7.20. The second-order valence-electron chi connectivity index (χ2n) is 6.05. The molecule has 1 amide bonds. The fraction of sp³-hybridized carbons (Fsp3) is 0.263. The minimum absolute atomic E-state index is 0.149. The van der Waals surface area contributed by atoms with E-state index in [1.54, 1.807) is 12.1 Å². The van der Waals surface area contributed by atoms with Crippen LogP contribution in [0.5, 0.6) is 5.88 Å². The maximum atomic E-state index is 12.3. The van der Waals surface area contributed by atoms with E-state index in [4.69, 9.17) is 9.26 Å². The lowest BCUT2D eigenvalue weighted by molar-refractivity contribution is 0.0945. The molecule has 0 aliphatic carbocycles. The van der Waals surface area contributed by atoms with Gasteiger partial charge in [-0.1, -0.05) is 35.5 Å². The summed E-state index contributed by atoms with van der Waals surface area (Å²) in [6.45, 7) is 0.149. The third-order valence-electron chi connectivity index (χ3n) is 4.07. The van der Waals surface area contributed by atoms with E-state index in [9.17, 15) is 4.79 Å². The van der Waals surface area contributed by atoms with E-state index in [1.807, 2.05) is 42.1 Å². The molecular weight excluding hydrogens is 364 g/mol. The summed E-state index contributed by atoms with van der Waals surface area (Å²) in [4.78, 5) is 20.8. The number of aromatic nitrogens is 3. The summed E-state index contributed by atoms with van der Waals surface area (Å²) >= 11 is 1.88. The molecule has 7 nitrogen and oxygen atoms in total. The van der Waals surface area contributed by atoms with Crippen LogP contribution in [0.1, 0.15) is 22.7 Å². The molecular formula is C19H18N4O3S. The van der Waals surface area contributed by atoms with E-state index >= 15 is 0 Å². The molecule has 3 heterocycles. The minimum Gasteiger partial charge on any atom is -0.473 e. The highest BCUT2D eigenvalue weighted by Crippen LogP contribution is 2.22. The largest absolute Gasteiger partial charge is 0.473 e. The van der Waals surface area contributed by atoms with Gasteiger partial charge in [-0.3, -0.25) is 4.79 Å². The lowest BCUT2D eigenvalue weighted by Gasteiger charge is -2.11. The highest BCUT2D eigenvalue weighted by Gasteiger charge is 2.18. The first kappa shape index (κ1) is 17.5. The third kappa shape index (κ3) is 4.46. The van der Waals surface area contributed by atoms with Crippen molar-refractivity contribution in [3.63, 3.8) is 0 Å². The Morgan fingerprint density at radius 3 is 2.89 bits per heavy atom. The first-order valence-electron chi connectivity index (χ1n) is 8.64. The fourth-order valence-corrected chi connectivity index (χ4v) is 3.74. The average molecular weight is 382 g/mol. The van der Waals surface area contributed by atoms with Crippen LogP contribution in [0.3, 0.4) is 0 Å². The molecule has 138 valence electrons.